The highest BCUT2D eigenvalue weighted by molar-refractivity contribution is 5.96. The van der Waals surface area contributed by atoms with Gasteiger partial charge in [0.25, 0.3) is 0 Å². The fraction of sp³-hybridized carbons (Fsp3) is 0.541. The number of aromatic carboxylic acids is 4. The van der Waals surface area contributed by atoms with Crippen LogP contribution in [0.15, 0.2) is 143 Å². The SMILES string of the molecule is C=C(C)[C@@H]1CCC(C)=C[C@H]1c1c(O)cc(CCC)c(C(=O)O)c1O.C=C(C)[C@@H]1CCC(C)=C[C@H]1c1c(O)cc(CCCC)c(C(=O)O)c1O.CCCCCc1cc(O)c2c(c1)O[C@]1(C)CC[C@H]3[C@@H]1[C@@H]2C3(C)C.CCCCc1cc(O)c(C/C=C(\C)CCC=C(C)C)c(O)c1C(=O)O.CCCc1cc(O)c(CCC(C)CCC=C(C)C)c(O)c1.CCCc1cc2c(c(O)c1C(=O)O)[C@@H]1C=C(C)CC[C@H]1C(C)(C)O2. The molecule has 6 aromatic rings. The molecule has 0 aromatic heterocycles. The quantitative estimate of drug-likeness (QED) is 0.0130. The van der Waals surface area contributed by atoms with Crippen molar-refractivity contribution >= 4 is 23.9 Å². The summed E-state index contributed by atoms with van der Waals surface area (Å²) in [6.45, 7) is 54.2. The highest BCUT2D eigenvalue weighted by atomic mass is 16.5. The number of ether oxygens (including phenoxy) is 2. The Hall–Kier alpha value is -11.3. The second-order valence-corrected chi connectivity index (χ2v) is 43.5. The molecule has 20 nitrogen and oxygen atoms in total. The molecule has 778 valence electrons. The zero-order chi connectivity index (χ0) is 106. The van der Waals surface area contributed by atoms with Gasteiger partial charge in [-0.05, 0) is 355 Å². The standard InChI is InChI=1S/C21H28O4.C21H30O4.C21H30O2.2C20H26O4.C19H30O2/c1-5-6-7-14-11-17(22)19(20(23)18(14)21(24)25)16-10-13(4)8-9-15(16)12(2)3;1-5-6-10-16-13-18(22)17(20(23)19(16)21(24)25)12-11-15(4)9-7-8-14(2)3;1-5-6-7-8-13-11-15(22)17-16(12-13)23-21(4)10-9-14-18(21)19(17)20(14,2)3;1-5-6-12-10-15-17(18(21)16(12)19(22)23)13-9-11(2)7-8-14(13)20(3,4)24-15;1-5-6-13-10-16(21)18(19(22)17(13)20(23)24)15-9-12(4)7-8-14(15)11(2)3;1-5-7-16-12-18(20)17(19(21)13-16)11-10-15(4)9-6-8-14(2)3/h10-11,15-16,22-23H,2,5-9H2,1,3-4H3,(H,24,25);8,11,13,22-23H,5-7,9-10,12H2,1-4H3,(H,24,25);11-12,14,18-19,22H,5-10H2,1-4H3;9-10,13-14,21H,5-8H2,1-4H3,(H,22,23);9-10,14-15,21-22H,2,5-8H2,1,3-4H3,(H,23,24);8,12-13,15,20-21H,5-7,9-11H2,1-4H3/b;15-11+;;;;/t15-,16+;;14-,18+,19+,21+;13-,14-;14-,15+;/m0.010./s1. The van der Waals surface area contributed by atoms with Gasteiger partial charge < -0.3 is 81.0 Å². The number of aromatic hydroxyl groups is 10. The maximum Gasteiger partial charge on any atom is 0.339 e. The second kappa shape index (κ2) is 51.8. The lowest BCUT2D eigenvalue weighted by Crippen LogP contribution is -2.59. The summed E-state index contributed by atoms with van der Waals surface area (Å²) in [7, 11) is 0. The van der Waals surface area contributed by atoms with Gasteiger partial charge in [0.05, 0.1) is 0 Å². The van der Waals surface area contributed by atoms with Crippen LogP contribution in [0.5, 0.6) is 69.0 Å². The van der Waals surface area contributed by atoms with Crippen molar-refractivity contribution in [2.75, 3.05) is 0 Å². The van der Waals surface area contributed by atoms with E-state index < -0.39 is 23.9 Å². The Bertz CT molecular complexity index is 5650. The van der Waals surface area contributed by atoms with E-state index >= 15 is 0 Å². The first-order valence-electron chi connectivity index (χ1n) is 52.5. The molecule has 6 aromatic carbocycles. The molecule has 13 rings (SSSR count). The molecule has 142 heavy (non-hydrogen) atoms. The number of aryl methyl sites for hydroxylation is 6. The number of phenolic OH excluding ortho intramolecular Hbond substituents is 6. The van der Waals surface area contributed by atoms with E-state index in [0.717, 1.165) is 181 Å². The molecule has 1 unspecified atom stereocenters. The van der Waals surface area contributed by atoms with Gasteiger partial charge in [-0.25, -0.2) is 19.2 Å². The van der Waals surface area contributed by atoms with E-state index in [2.05, 4.69) is 127 Å². The number of allylic oxidation sites excluding steroid dienone is 14. The number of benzene rings is 6. The maximum absolute atomic E-state index is 11.8. The summed E-state index contributed by atoms with van der Waals surface area (Å²) < 4.78 is 12.7. The normalized spacial score (nSPS) is 20.8. The first kappa shape index (κ1) is 116. The minimum Gasteiger partial charge on any atom is -0.508 e. The number of rotatable bonds is 35. The number of carboxylic acid groups (broad SMARTS) is 4. The predicted octanol–water partition coefficient (Wildman–Crippen LogP) is 30.7. The molecule has 2 aliphatic heterocycles. The maximum atomic E-state index is 11.8. The summed E-state index contributed by atoms with van der Waals surface area (Å²) in [6.07, 6.45) is 40.5. The fourth-order valence-corrected chi connectivity index (χ4v) is 23.0. The van der Waals surface area contributed by atoms with E-state index in [-0.39, 0.29) is 132 Å². The van der Waals surface area contributed by atoms with Crippen LogP contribution in [0.1, 0.15) is 432 Å². The Morgan fingerprint density at radius 3 is 1.30 bits per heavy atom. The van der Waals surface area contributed by atoms with E-state index in [9.17, 15) is 90.7 Å². The lowest BCUT2D eigenvalue weighted by molar-refractivity contribution is -0.121. The Kier molecular flexibility index (Phi) is 42.3. The van der Waals surface area contributed by atoms with Gasteiger partial charge in [0.1, 0.15) is 102 Å². The number of unbranched alkanes of at least 4 members (excludes halogenated alkanes) is 4. The van der Waals surface area contributed by atoms with E-state index in [0.29, 0.717) is 106 Å². The number of hydrogen-bond donors (Lipinski definition) is 14. The molecule has 7 aliphatic rings. The predicted molar refractivity (Wildman–Crippen MR) is 572 cm³/mol. The number of carbonyl (C=O) groups is 4. The molecule has 0 saturated heterocycles. The van der Waals surface area contributed by atoms with Gasteiger partial charge in [-0.1, -0.05) is 201 Å². The average molecular weight is 1960 g/mol. The van der Waals surface area contributed by atoms with Crippen molar-refractivity contribution in [3.05, 3.63) is 232 Å². The smallest absolute Gasteiger partial charge is 0.339 e. The number of carboxylic acids is 4. The van der Waals surface area contributed by atoms with E-state index in [1.165, 1.54) is 77.3 Å². The topological polar surface area (TPSA) is 370 Å². The van der Waals surface area contributed by atoms with Gasteiger partial charge in [-0.15, -0.1) is 0 Å². The van der Waals surface area contributed by atoms with Crippen molar-refractivity contribution < 1.29 is 100 Å². The molecule has 0 spiro atoms. The molecule has 0 bridgehead atoms. The van der Waals surface area contributed by atoms with Gasteiger partial charge in [0, 0.05) is 68.9 Å². The summed E-state index contributed by atoms with van der Waals surface area (Å²) in [5.74, 6) is -0.899. The molecule has 2 heterocycles. The van der Waals surface area contributed by atoms with E-state index in [1.807, 2.05) is 92.7 Å². The average Bonchev–Trinajstić information content (AvgIpc) is 0.857. The largest absolute Gasteiger partial charge is 0.508 e. The number of phenols is 10. The molecule has 0 amide bonds. The van der Waals surface area contributed by atoms with Crippen molar-refractivity contribution in [1.29, 1.82) is 0 Å². The fourth-order valence-electron chi connectivity index (χ4n) is 23.0. The molecule has 5 aliphatic carbocycles. The van der Waals surface area contributed by atoms with Crippen molar-refractivity contribution in [1.82, 2.24) is 0 Å². The van der Waals surface area contributed by atoms with Gasteiger partial charge in [0.15, 0.2) is 0 Å². The Labute approximate surface area is 847 Å². The van der Waals surface area contributed by atoms with E-state index in [1.54, 1.807) is 12.1 Å². The third-order valence-electron chi connectivity index (χ3n) is 30.7. The van der Waals surface area contributed by atoms with Crippen LogP contribution in [0, 0.1) is 40.9 Å². The molecule has 20 heteroatoms. The van der Waals surface area contributed by atoms with Crippen LogP contribution in [-0.2, 0) is 51.4 Å². The number of hydrogen-bond acceptors (Lipinski definition) is 16. The summed E-state index contributed by atoms with van der Waals surface area (Å²) in [4.78, 5) is 46.7. The minimum absolute atomic E-state index is 0.00581. The van der Waals surface area contributed by atoms with Crippen LogP contribution in [0.4, 0.5) is 0 Å². The summed E-state index contributed by atoms with van der Waals surface area (Å²) in [5, 5.41) is 143. The molecule has 11 atom stereocenters. The Morgan fingerprint density at radius 2 is 0.831 bits per heavy atom. The van der Waals surface area contributed by atoms with Crippen molar-refractivity contribution in [3.63, 3.8) is 0 Å². The monoisotopic (exact) mass is 1960 g/mol. The molecule has 2 saturated carbocycles. The summed E-state index contributed by atoms with van der Waals surface area (Å²) in [5.41, 5.74) is 16.7. The van der Waals surface area contributed by atoms with Crippen LogP contribution in [0.2, 0.25) is 0 Å². The minimum atomic E-state index is -1.17. The molecule has 0 radical (unpaired) electrons. The van der Waals surface area contributed by atoms with Gasteiger partial charge in [-0.3, -0.25) is 0 Å². The number of fused-ring (bicyclic) bond motifs is 5. The summed E-state index contributed by atoms with van der Waals surface area (Å²) >= 11 is 0. The summed E-state index contributed by atoms with van der Waals surface area (Å²) in [6, 6.07) is 14.1. The van der Waals surface area contributed by atoms with Crippen LogP contribution >= 0.6 is 0 Å². The lowest BCUT2D eigenvalue weighted by Gasteiger charge is -2.62. The van der Waals surface area contributed by atoms with Gasteiger partial charge in [-0.2, -0.15) is 0 Å². The van der Waals surface area contributed by atoms with Gasteiger partial charge >= 0.3 is 23.9 Å². The van der Waals surface area contributed by atoms with Gasteiger partial charge in [0.2, 0.25) is 0 Å². The van der Waals surface area contributed by atoms with Crippen LogP contribution < -0.4 is 9.47 Å². The Morgan fingerprint density at radius 1 is 0.415 bits per heavy atom. The lowest BCUT2D eigenvalue weighted by atomic mass is 9.45. The third-order valence-corrected chi connectivity index (χ3v) is 30.7. The Balaban J connectivity index is 0.000000209. The van der Waals surface area contributed by atoms with Crippen molar-refractivity contribution in [2.45, 2.75) is 386 Å². The molecular formula is C122H170O20. The van der Waals surface area contributed by atoms with Crippen LogP contribution in [-0.4, -0.2) is 107 Å². The zero-order valence-corrected chi connectivity index (χ0v) is 89.4. The highest BCUT2D eigenvalue weighted by Gasteiger charge is 2.69. The van der Waals surface area contributed by atoms with Crippen LogP contribution in [0.3, 0.4) is 0 Å². The van der Waals surface area contributed by atoms with Crippen LogP contribution in [0.25, 0.3) is 0 Å². The van der Waals surface area contributed by atoms with Crippen molar-refractivity contribution in [2.24, 2.45) is 40.9 Å². The first-order valence-corrected chi connectivity index (χ1v) is 52.5. The highest BCUT2D eigenvalue weighted by Crippen LogP contribution is 2.74. The molecule has 14 N–H and O–H groups in total. The van der Waals surface area contributed by atoms with E-state index in [4.69, 9.17) is 9.47 Å². The molecule has 2 fully saturated rings. The van der Waals surface area contributed by atoms with Crippen molar-refractivity contribution in [3.8, 4) is 69.0 Å². The first-order chi connectivity index (χ1) is 66.9. The second-order valence-electron chi connectivity index (χ2n) is 43.5. The molecular weight excluding hydrogens is 1790 g/mol. The zero-order valence-electron chi connectivity index (χ0n) is 89.4. The third kappa shape index (κ3) is 28.4.